The van der Waals surface area contributed by atoms with Gasteiger partial charge in [0.2, 0.25) is 11.8 Å². The summed E-state index contributed by atoms with van der Waals surface area (Å²) in [5, 5.41) is 13.5. The average Bonchev–Trinajstić information content (AvgIpc) is 3.21. The summed E-state index contributed by atoms with van der Waals surface area (Å²) in [7, 11) is 1.65. The molecule has 2 saturated carbocycles. The van der Waals surface area contributed by atoms with Gasteiger partial charge in [0, 0.05) is 14.0 Å². The van der Waals surface area contributed by atoms with E-state index in [1.807, 2.05) is 0 Å². The highest BCUT2D eigenvalue weighted by atomic mass is 19.1. The molecule has 130 valence electrons. The third-order valence-electron chi connectivity index (χ3n) is 5.42. The van der Waals surface area contributed by atoms with Crippen molar-refractivity contribution in [1.29, 1.82) is 0 Å². The summed E-state index contributed by atoms with van der Waals surface area (Å²) in [6, 6.07) is 5.85. The van der Waals surface area contributed by atoms with Gasteiger partial charge in [-0.2, -0.15) is 0 Å². The first kappa shape index (κ1) is 16.9. The van der Waals surface area contributed by atoms with Crippen LogP contribution < -0.4 is 5.32 Å². The number of carbonyl (C=O) groups is 2. The van der Waals surface area contributed by atoms with Crippen molar-refractivity contribution in [2.24, 2.45) is 5.92 Å². The number of rotatable bonds is 4. The van der Waals surface area contributed by atoms with Crippen LogP contribution in [0.25, 0.3) is 0 Å². The van der Waals surface area contributed by atoms with E-state index in [-0.39, 0.29) is 23.7 Å². The van der Waals surface area contributed by atoms with Crippen molar-refractivity contribution in [3.05, 3.63) is 35.6 Å². The van der Waals surface area contributed by atoms with Crippen LogP contribution in [0.3, 0.4) is 0 Å². The highest BCUT2D eigenvalue weighted by Gasteiger charge is 2.49. The maximum atomic E-state index is 13.1. The van der Waals surface area contributed by atoms with Crippen molar-refractivity contribution in [3.8, 4) is 0 Å². The van der Waals surface area contributed by atoms with Gasteiger partial charge in [-0.25, -0.2) is 4.39 Å². The van der Waals surface area contributed by atoms with Crippen LogP contribution in [0, 0.1) is 11.7 Å². The van der Waals surface area contributed by atoms with Crippen LogP contribution >= 0.6 is 0 Å². The number of carbonyl (C=O) groups excluding carboxylic acids is 2. The summed E-state index contributed by atoms with van der Waals surface area (Å²) in [6.07, 6.45) is 1.92. The van der Waals surface area contributed by atoms with Crippen LogP contribution in [0.15, 0.2) is 24.3 Å². The zero-order valence-corrected chi connectivity index (χ0v) is 14.0. The van der Waals surface area contributed by atoms with Crippen LogP contribution in [0.2, 0.25) is 0 Å². The molecule has 6 heteroatoms. The minimum Gasteiger partial charge on any atom is -0.390 e. The maximum absolute atomic E-state index is 13.1. The molecule has 0 aliphatic heterocycles. The number of hydrogen-bond acceptors (Lipinski definition) is 3. The van der Waals surface area contributed by atoms with Crippen LogP contribution in [-0.2, 0) is 15.1 Å². The van der Waals surface area contributed by atoms with Crippen LogP contribution in [0.5, 0.6) is 0 Å². The molecule has 1 aromatic rings. The quantitative estimate of drug-likeness (QED) is 0.878. The molecule has 0 radical (unpaired) electrons. The first-order valence-electron chi connectivity index (χ1n) is 8.33. The second kappa shape index (κ2) is 6.16. The van der Waals surface area contributed by atoms with Gasteiger partial charge < -0.3 is 15.3 Å². The second-order valence-electron chi connectivity index (χ2n) is 6.95. The largest absolute Gasteiger partial charge is 0.390 e. The zero-order chi connectivity index (χ0) is 17.5. The van der Waals surface area contributed by atoms with Crippen molar-refractivity contribution >= 4 is 11.8 Å². The lowest BCUT2D eigenvalue weighted by molar-refractivity contribution is -0.135. The van der Waals surface area contributed by atoms with Crippen LogP contribution in [0.1, 0.15) is 38.2 Å². The molecule has 24 heavy (non-hydrogen) atoms. The molecule has 2 N–H and O–H groups in total. The van der Waals surface area contributed by atoms with Gasteiger partial charge in [-0.05, 0) is 43.4 Å². The van der Waals surface area contributed by atoms with E-state index < -0.39 is 17.6 Å². The Morgan fingerprint density at radius 2 is 1.88 bits per heavy atom. The SMILES string of the molecule is CC(=O)N(C)[C@@H]1CC[C@@H](C(=O)NC2(c3ccc(F)cc3)CC2)[C@@H]1O. The van der Waals surface area contributed by atoms with Crippen molar-refractivity contribution in [1.82, 2.24) is 10.2 Å². The Bertz CT molecular complexity index is 642. The zero-order valence-electron chi connectivity index (χ0n) is 14.0. The second-order valence-corrected chi connectivity index (χ2v) is 6.95. The molecule has 0 saturated heterocycles. The Balaban J connectivity index is 1.67. The number of likely N-dealkylation sites (N-methyl/N-ethyl adjacent to an activating group) is 1. The summed E-state index contributed by atoms with van der Waals surface area (Å²) in [4.78, 5) is 25.6. The monoisotopic (exact) mass is 334 g/mol. The van der Waals surface area contributed by atoms with E-state index in [4.69, 9.17) is 0 Å². The van der Waals surface area contributed by atoms with Gasteiger partial charge in [0.15, 0.2) is 0 Å². The topological polar surface area (TPSA) is 69.6 Å². The Morgan fingerprint density at radius 1 is 1.25 bits per heavy atom. The lowest BCUT2D eigenvalue weighted by atomic mass is 10.00. The molecule has 2 amide bonds. The lowest BCUT2D eigenvalue weighted by Crippen LogP contribution is -2.47. The van der Waals surface area contributed by atoms with E-state index in [0.717, 1.165) is 18.4 Å². The summed E-state index contributed by atoms with van der Waals surface area (Å²) in [5.41, 5.74) is 0.455. The third kappa shape index (κ3) is 3.02. The van der Waals surface area contributed by atoms with E-state index >= 15 is 0 Å². The highest BCUT2D eigenvalue weighted by Crippen LogP contribution is 2.46. The summed E-state index contributed by atoms with van der Waals surface area (Å²) < 4.78 is 13.1. The van der Waals surface area contributed by atoms with Gasteiger partial charge in [0.25, 0.3) is 0 Å². The number of nitrogens with one attached hydrogen (secondary N) is 1. The fourth-order valence-corrected chi connectivity index (χ4v) is 3.61. The van der Waals surface area contributed by atoms with Crippen LogP contribution in [0.4, 0.5) is 4.39 Å². The first-order chi connectivity index (χ1) is 11.3. The standard InChI is InChI=1S/C18H23FN2O3/c1-11(22)21(2)15-8-7-14(16(15)23)17(24)20-18(9-10-18)12-3-5-13(19)6-4-12/h3-6,14-16,23H,7-10H2,1-2H3,(H,20,24)/t14-,15-,16+/m1/s1. The van der Waals surface area contributed by atoms with Crippen molar-refractivity contribution in [3.63, 3.8) is 0 Å². The number of aliphatic hydroxyl groups is 1. The van der Waals surface area contributed by atoms with E-state index in [9.17, 15) is 19.1 Å². The Hall–Kier alpha value is -1.95. The molecule has 2 aliphatic rings. The molecule has 3 atom stereocenters. The van der Waals surface area contributed by atoms with Gasteiger partial charge >= 0.3 is 0 Å². The lowest BCUT2D eigenvalue weighted by Gasteiger charge is -2.28. The van der Waals surface area contributed by atoms with E-state index in [1.165, 1.54) is 24.0 Å². The normalized spacial score (nSPS) is 27.6. The number of aliphatic hydroxyl groups excluding tert-OH is 1. The van der Waals surface area contributed by atoms with Crippen molar-refractivity contribution < 1.29 is 19.1 Å². The summed E-state index contributed by atoms with van der Waals surface area (Å²) >= 11 is 0. The number of benzene rings is 1. The van der Waals surface area contributed by atoms with Gasteiger partial charge in [-0.1, -0.05) is 12.1 Å². The van der Waals surface area contributed by atoms with Gasteiger partial charge in [-0.15, -0.1) is 0 Å². The van der Waals surface area contributed by atoms with Gasteiger partial charge in [-0.3, -0.25) is 9.59 Å². The number of hydrogen-bond donors (Lipinski definition) is 2. The van der Waals surface area contributed by atoms with E-state index in [1.54, 1.807) is 19.2 Å². The minimum absolute atomic E-state index is 0.120. The molecule has 0 heterocycles. The third-order valence-corrected chi connectivity index (χ3v) is 5.42. The van der Waals surface area contributed by atoms with Gasteiger partial charge in [0.05, 0.1) is 23.6 Å². The molecular weight excluding hydrogens is 311 g/mol. The fraction of sp³-hybridized carbons (Fsp3) is 0.556. The van der Waals surface area contributed by atoms with Crippen molar-refractivity contribution in [2.45, 2.75) is 50.3 Å². The summed E-state index contributed by atoms with van der Waals surface area (Å²) in [5.74, 6) is -1.13. The molecule has 0 unspecified atom stereocenters. The smallest absolute Gasteiger partial charge is 0.226 e. The molecule has 0 spiro atoms. The van der Waals surface area contributed by atoms with Gasteiger partial charge in [0.1, 0.15) is 5.82 Å². The molecule has 3 rings (SSSR count). The number of halogens is 1. The predicted octanol–water partition coefficient (Wildman–Crippen LogP) is 1.55. The Kier molecular flexibility index (Phi) is 4.34. The molecule has 0 bridgehead atoms. The average molecular weight is 334 g/mol. The molecule has 5 nitrogen and oxygen atoms in total. The fourth-order valence-electron chi connectivity index (χ4n) is 3.61. The molecule has 1 aromatic carbocycles. The molecule has 2 fully saturated rings. The molecule has 0 aromatic heterocycles. The summed E-state index contributed by atoms with van der Waals surface area (Å²) in [6.45, 7) is 1.45. The van der Waals surface area contributed by atoms with Crippen LogP contribution in [-0.4, -0.2) is 41.0 Å². The Morgan fingerprint density at radius 3 is 2.42 bits per heavy atom. The van der Waals surface area contributed by atoms with E-state index in [2.05, 4.69) is 5.32 Å². The Labute approximate surface area is 140 Å². The predicted molar refractivity (Wildman–Crippen MR) is 86.4 cm³/mol. The van der Waals surface area contributed by atoms with E-state index in [0.29, 0.717) is 12.8 Å². The number of nitrogens with zero attached hydrogens (tertiary/aromatic N) is 1. The molecular formula is C18H23FN2O3. The molecule has 2 aliphatic carbocycles. The first-order valence-corrected chi connectivity index (χ1v) is 8.33. The maximum Gasteiger partial charge on any atom is 0.226 e. The highest BCUT2D eigenvalue weighted by molar-refractivity contribution is 5.81. The number of amides is 2. The minimum atomic E-state index is -0.858. The van der Waals surface area contributed by atoms with Crippen molar-refractivity contribution in [2.75, 3.05) is 7.05 Å².